The zero-order valence-electron chi connectivity index (χ0n) is 13.9. The highest BCUT2D eigenvalue weighted by atomic mass is 16.6. The lowest BCUT2D eigenvalue weighted by Crippen LogP contribution is -2.35. The molecule has 1 aromatic carbocycles. The fourth-order valence-electron chi connectivity index (χ4n) is 2.43. The van der Waals surface area contributed by atoms with Crippen LogP contribution in [0, 0.1) is 0 Å². The van der Waals surface area contributed by atoms with E-state index in [4.69, 9.17) is 20.0 Å². The molecule has 0 aromatic heterocycles. The van der Waals surface area contributed by atoms with E-state index in [1.165, 1.54) is 5.56 Å². The Hall–Kier alpha value is -1.63. The Morgan fingerprint density at radius 1 is 1.26 bits per heavy atom. The molecule has 0 radical (unpaired) electrons. The number of unbranched alkanes of at least 4 members (excludes halogenated alkanes) is 1. The average Bonchev–Trinajstić information content (AvgIpc) is 2.59. The zero-order chi connectivity index (χ0) is 16.3. The lowest BCUT2D eigenvalue weighted by Gasteiger charge is -2.26. The molecule has 128 valence electrons. The standard InChI is InChI=1S/C17H27N3O3/c1-21-9-2-3-10-23-19-17(18)16-6-4-5-15(13-16)14-20-7-11-22-12-8-20/h4-6,13H,2-3,7-12,14H2,1H3,(H2,18,19). The van der Waals surface area contributed by atoms with Gasteiger partial charge in [-0.2, -0.15) is 0 Å². The largest absolute Gasteiger partial charge is 0.394 e. The first-order chi connectivity index (χ1) is 11.3. The first-order valence-electron chi connectivity index (χ1n) is 8.13. The Morgan fingerprint density at radius 3 is 2.83 bits per heavy atom. The van der Waals surface area contributed by atoms with Gasteiger partial charge in [0.05, 0.1) is 13.2 Å². The van der Waals surface area contributed by atoms with Crippen molar-refractivity contribution in [2.75, 3.05) is 46.6 Å². The SMILES string of the molecule is COCCCCO/N=C(\N)c1cccc(CN2CCOCC2)c1. The van der Waals surface area contributed by atoms with E-state index in [1.807, 2.05) is 12.1 Å². The summed E-state index contributed by atoms with van der Waals surface area (Å²) in [6.45, 7) is 5.75. The minimum absolute atomic E-state index is 0.417. The minimum Gasteiger partial charge on any atom is -0.394 e. The maximum absolute atomic E-state index is 6.00. The lowest BCUT2D eigenvalue weighted by atomic mass is 10.1. The molecule has 0 aliphatic carbocycles. The average molecular weight is 321 g/mol. The predicted octanol–water partition coefficient (Wildman–Crippen LogP) is 1.58. The van der Waals surface area contributed by atoms with Gasteiger partial charge in [-0.3, -0.25) is 4.90 Å². The predicted molar refractivity (Wildman–Crippen MR) is 90.3 cm³/mol. The van der Waals surface area contributed by atoms with E-state index < -0.39 is 0 Å². The third-order valence-corrected chi connectivity index (χ3v) is 3.73. The quantitative estimate of drug-likeness (QED) is 0.324. The van der Waals surface area contributed by atoms with Crippen molar-refractivity contribution >= 4 is 5.84 Å². The fraction of sp³-hybridized carbons (Fsp3) is 0.588. The van der Waals surface area contributed by atoms with Gasteiger partial charge in [-0.05, 0) is 24.5 Å². The van der Waals surface area contributed by atoms with Gasteiger partial charge in [-0.15, -0.1) is 0 Å². The van der Waals surface area contributed by atoms with Crippen molar-refractivity contribution in [2.45, 2.75) is 19.4 Å². The minimum atomic E-state index is 0.417. The van der Waals surface area contributed by atoms with Crippen molar-refractivity contribution in [3.63, 3.8) is 0 Å². The normalized spacial score (nSPS) is 16.5. The molecule has 1 fully saturated rings. The molecule has 1 heterocycles. The summed E-state index contributed by atoms with van der Waals surface area (Å²) in [5.74, 6) is 0.417. The lowest BCUT2D eigenvalue weighted by molar-refractivity contribution is 0.0342. The van der Waals surface area contributed by atoms with Crippen LogP contribution in [0.5, 0.6) is 0 Å². The van der Waals surface area contributed by atoms with Crippen LogP contribution in [0.1, 0.15) is 24.0 Å². The molecular formula is C17H27N3O3. The van der Waals surface area contributed by atoms with Crippen LogP contribution >= 0.6 is 0 Å². The van der Waals surface area contributed by atoms with Crippen molar-refractivity contribution in [2.24, 2.45) is 10.9 Å². The summed E-state index contributed by atoms with van der Waals surface area (Å²) in [6.07, 6.45) is 1.86. The number of methoxy groups -OCH3 is 1. The summed E-state index contributed by atoms with van der Waals surface area (Å²) in [5.41, 5.74) is 8.13. The van der Waals surface area contributed by atoms with Crippen molar-refractivity contribution in [1.82, 2.24) is 4.90 Å². The molecule has 2 rings (SSSR count). The van der Waals surface area contributed by atoms with Gasteiger partial charge in [-0.25, -0.2) is 0 Å². The maximum atomic E-state index is 6.00. The molecule has 2 N–H and O–H groups in total. The Morgan fingerprint density at radius 2 is 2.04 bits per heavy atom. The molecule has 1 saturated heterocycles. The number of hydrogen-bond acceptors (Lipinski definition) is 5. The van der Waals surface area contributed by atoms with Gasteiger partial charge in [0.2, 0.25) is 0 Å². The van der Waals surface area contributed by atoms with Crippen molar-refractivity contribution in [1.29, 1.82) is 0 Å². The topological polar surface area (TPSA) is 69.3 Å². The van der Waals surface area contributed by atoms with E-state index in [-0.39, 0.29) is 0 Å². The van der Waals surface area contributed by atoms with Gasteiger partial charge >= 0.3 is 0 Å². The Balaban J connectivity index is 1.82. The summed E-state index contributed by atoms with van der Waals surface area (Å²) in [7, 11) is 1.70. The summed E-state index contributed by atoms with van der Waals surface area (Å²) < 4.78 is 10.4. The van der Waals surface area contributed by atoms with Crippen LogP contribution in [-0.4, -0.2) is 57.4 Å². The number of nitrogens with two attached hydrogens (primary N) is 1. The van der Waals surface area contributed by atoms with Gasteiger partial charge in [0.1, 0.15) is 6.61 Å². The second-order valence-corrected chi connectivity index (χ2v) is 5.60. The van der Waals surface area contributed by atoms with E-state index in [9.17, 15) is 0 Å². The molecule has 6 nitrogen and oxygen atoms in total. The Kier molecular flexibility index (Phi) is 7.86. The molecule has 0 atom stereocenters. The number of hydrogen-bond donors (Lipinski definition) is 1. The first kappa shape index (κ1) is 17.7. The fourth-order valence-corrected chi connectivity index (χ4v) is 2.43. The summed E-state index contributed by atoms with van der Waals surface area (Å²) >= 11 is 0. The van der Waals surface area contributed by atoms with Crippen LogP contribution in [0.25, 0.3) is 0 Å². The number of nitrogens with zero attached hydrogens (tertiary/aromatic N) is 2. The van der Waals surface area contributed by atoms with E-state index in [1.54, 1.807) is 7.11 Å². The van der Waals surface area contributed by atoms with Gasteiger partial charge < -0.3 is 20.0 Å². The van der Waals surface area contributed by atoms with Crippen LogP contribution in [-0.2, 0) is 20.9 Å². The molecule has 0 bridgehead atoms. The summed E-state index contributed by atoms with van der Waals surface area (Å²) in [4.78, 5) is 7.64. The second kappa shape index (κ2) is 10.2. The van der Waals surface area contributed by atoms with E-state index in [2.05, 4.69) is 22.2 Å². The Labute approximate surface area is 138 Å². The highest BCUT2D eigenvalue weighted by Crippen LogP contribution is 2.10. The van der Waals surface area contributed by atoms with E-state index in [0.717, 1.165) is 57.9 Å². The number of ether oxygens (including phenoxy) is 2. The van der Waals surface area contributed by atoms with Crippen LogP contribution in [0.3, 0.4) is 0 Å². The van der Waals surface area contributed by atoms with E-state index >= 15 is 0 Å². The second-order valence-electron chi connectivity index (χ2n) is 5.60. The van der Waals surface area contributed by atoms with Gasteiger partial charge in [0, 0.05) is 38.9 Å². The monoisotopic (exact) mass is 321 g/mol. The van der Waals surface area contributed by atoms with Gasteiger partial charge in [-0.1, -0.05) is 23.4 Å². The summed E-state index contributed by atoms with van der Waals surface area (Å²) in [5, 5.41) is 4.00. The molecule has 0 saturated carbocycles. The van der Waals surface area contributed by atoms with Crippen LogP contribution in [0.15, 0.2) is 29.4 Å². The highest BCUT2D eigenvalue weighted by Gasteiger charge is 2.11. The molecule has 0 unspecified atom stereocenters. The summed E-state index contributed by atoms with van der Waals surface area (Å²) in [6, 6.07) is 8.14. The molecule has 1 aliphatic rings. The van der Waals surface area contributed by atoms with E-state index in [0.29, 0.717) is 12.4 Å². The number of morpholine rings is 1. The number of benzene rings is 1. The highest BCUT2D eigenvalue weighted by molar-refractivity contribution is 5.97. The molecule has 6 heteroatoms. The van der Waals surface area contributed by atoms with Crippen LogP contribution in [0.2, 0.25) is 0 Å². The van der Waals surface area contributed by atoms with Gasteiger partial charge in [0.15, 0.2) is 5.84 Å². The van der Waals surface area contributed by atoms with Crippen LogP contribution in [0.4, 0.5) is 0 Å². The number of amidine groups is 1. The van der Waals surface area contributed by atoms with Crippen molar-refractivity contribution in [3.8, 4) is 0 Å². The molecule has 1 aliphatic heterocycles. The molecular weight excluding hydrogens is 294 g/mol. The third-order valence-electron chi connectivity index (χ3n) is 3.73. The maximum Gasteiger partial charge on any atom is 0.170 e. The smallest absolute Gasteiger partial charge is 0.170 e. The number of rotatable bonds is 9. The number of oxime groups is 1. The van der Waals surface area contributed by atoms with Gasteiger partial charge in [0.25, 0.3) is 0 Å². The zero-order valence-corrected chi connectivity index (χ0v) is 13.9. The molecule has 23 heavy (non-hydrogen) atoms. The molecule has 0 amide bonds. The van der Waals surface area contributed by atoms with Crippen molar-refractivity contribution in [3.05, 3.63) is 35.4 Å². The Bertz CT molecular complexity index is 488. The molecule has 0 spiro atoms. The van der Waals surface area contributed by atoms with Crippen molar-refractivity contribution < 1.29 is 14.3 Å². The van der Waals surface area contributed by atoms with Crippen LogP contribution < -0.4 is 5.73 Å². The molecule has 1 aromatic rings. The first-order valence-corrected chi connectivity index (χ1v) is 8.13. The third kappa shape index (κ3) is 6.56.